The van der Waals surface area contributed by atoms with E-state index in [1.165, 1.54) is 0 Å². The molecule has 0 saturated heterocycles. The number of hydrogen-bond acceptors (Lipinski definition) is 4. The number of nitrogens with zero attached hydrogens (tertiary/aromatic N) is 1. The van der Waals surface area contributed by atoms with Crippen LogP contribution >= 0.6 is 0 Å². The monoisotopic (exact) mass is 396 g/mol. The van der Waals surface area contributed by atoms with E-state index in [2.05, 4.69) is 44.0 Å². The number of rotatable bonds is 11. The summed E-state index contributed by atoms with van der Waals surface area (Å²) in [6.07, 6.45) is 6.22. The van der Waals surface area contributed by atoms with E-state index >= 15 is 0 Å². The van der Waals surface area contributed by atoms with E-state index in [1.807, 2.05) is 24.3 Å². The lowest BCUT2D eigenvalue weighted by Gasteiger charge is -2.22. The molecule has 3 N–H and O–H groups in total. The fourth-order valence-electron chi connectivity index (χ4n) is 3.20. The van der Waals surface area contributed by atoms with Gasteiger partial charge in [-0.15, -0.1) is 0 Å². The van der Waals surface area contributed by atoms with Crippen molar-refractivity contribution in [3.63, 3.8) is 0 Å². The van der Waals surface area contributed by atoms with Crippen LogP contribution in [-0.2, 0) is 23.3 Å². The van der Waals surface area contributed by atoms with Gasteiger partial charge in [0.25, 0.3) is 0 Å². The Kier molecular flexibility index (Phi) is 9.36. The van der Waals surface area contributed by atoms with Crippen LogP contribution in [0.1, 0.15) is 68.7 Å². The van der Waals surface area contributed by atoms with E-state index in [1.54, 1.807) is 6.21 Å². The molecule has 29 heavy (non-hydrogen) atoms. The minimum atomic E-state index is -0.162. The van der Waals surface area contributed by atoms with Gasteiger partial charge in [-0.3, -0.25) is 4.99 Å². The van der Waals surface area contributed by atoms with E-state index in [-0.39, 0.29) is 5.41 Å². The molecule has 0 saturated carbocycles. The third-order valence-corrected chi connectivity index (χ3v) is 4.87. The second kappa shape index (κ2) is 11.7. The molecule has 0 atom stereocenters. The van der Waals surface area contributed by atoms with Crippen molar-refractivity contribution in [2.45, 2.75) is 65.0 Å². The Hall–Kier alpha value is -2.17. The molecule has 2 rings (SSSR count). The molecule has 158 valence electrons. The molecule has 0 spiro atoms. The van der Waals surface area contributed by atoms with Gasteiger partial charge in [-0.25, -0.2) is 0 Å². The predicted octanol–water partition coefficient (Wildman–Crippen LogP) is 5.34. The number of aromatic hydroxyl groups is 1. The van der Waals surface area contributed by atoms with Crippen molar-refractivity contribution in [2.75, 3.05) is 13.2 Å². The van der Waals surface area contributed by atoms with Crippen LogP contribution in [-0.4, -0.2) is 24.5 Å². The van der Waals surface area contributed by atoms with Crippen LogP contribution < -0.4 is 5.73 Å². The summed E-state index contributed by atoms with van der Waals surface area (Å²) in [5.41, 5.74) is 9.24. The van der Waals surface area contributed by atoms with Gasteiger partial charge >= 0.3 is 0 Å². The average Bonchev–Trinajstić information content (AvgIpc) is 2.69. The normalized spacial score (nSPS) is 12.0. The summed E-state index contributed by atoms with van der Waals surface area (Å²) in [7, 11) is 0. The van der Waals surface area contributed by atoms with Crippen LogP contribution in [0, 0.1) is 0 Å². The molecule has 0 aromatic heterocycles. The van der Waals surface area contributed by atoms with E-state index in [4.69, 9.17) is 10.5 Å². The van der Waals surface area contributed by atoms with Gasteiger partial charge in [0, 0.05) is 23.9 Å². The zero-order valence-electron chi connectivity index (χ0n) is 18.2. The molecule has 4 heteroatoms. The van der Waals surface area contributed by atoms with Crippen molar-refractivity contribution < 1.29 is 9.84 Å². The highest BCUT2D eigenvalue weighted by Gasteiger charge is 2.21. The highest BCUT2D eigenvalue weighted by Crippen LogP contribution is 2.34. The van der Waals surface area contributed by atoms with Gasteiger partial charge in [0.2, 0.25) is 0 Å². The van der Waals surface area contributed by atoms with Crippen molar-refractivity contribution in [1.29, 1.82) is 0 Å². The Morgan fingerprint density at radius 2 is 1.72 bits per heavy atom. The van der Waals surface area contributed by atoms with Crippen LogP contribution in [0.2, 0.25) is 0 Å². The van der Waals surface area contributed by atoms with Gasteiger partial charge < -0.3 is 15.6 Å². The van der Waals surface area contributed by atoms with Crippen molar-refractivity contribution in [1.82, 2.24) is 0 Å². The fourth-order valence-corrected chi connectivity index (χ4v) is 3.20. The maximum Gasteiger partial charge on any atom is 0.128 e. The van der Waals surface area contributed by atoms with Gasteiger partial charge in [-0.1, -0.05) is 63.9 Å². The van der Waals surface area contributed by atoms with Crippen LogP contribution in [0.15, 0.2) is 47.5 Å². The SMILES string of the molecule is CC(C)(C)c1cc(COCCCCCCN)cc(C=NCc2ccccc2)c1O. The van der Waals surface area contributed by atoms with Gasteiger partial charge in [0.05, 0.1) is 13.2 Å². The summed E-state index contributed by atoms with van der Waals surface area (Å²) in [5.74, 6) is 0.305. The zero-order valence-corrected chi connectivity index (χ0v) is 18.2. The lowest BCUT2D eigenvalue weighted by molar-refractivity contribution is 0.116. The molecule has 0 heterocycles. The largest absolute Gasteiger partial charge is 0.507 e. The minimum Gasteiger partial charge on any atom is -0.507 e. The van der Waals surface area contributed by atoms with Crippen LogP contribution in [0.25, 0.3) is 0 Å². The van der Waals surface area contributed by atoms with Crippen LogP contribution in [0.5, 0.6) is 5.75 Å². The van der Waals surface area contributed by atoms with Crippen LogP contribution in [0.4, 0.5) is 0 Å². The number of phenolic OH excluding ortho intramolecular Hbond substituents is 1. The number of nitrogens with two attached hydrogens (primary N) is 1. The summed E-state index contributed by atoms with van der Waals surface area (Å²) >= 11 is 0. The Morgan fingerprint density at radius 1 is 1.00 bits per heavy atom. The van der Waals surface area contributed by atoms with E-state index in [0.29, 0.717) is 18.9 Å². The smallest absolute Gasteiger partial charge is 0.128 e. The first kappa shape index (κ1) is 23.1. The van der Waals surface area contributed by atoms with Gasteiger partial charge in [0.15, 0.2) is 0 Å². The second-order valence-corrected chi connectivity index (χ2v) is 8.54. The van der Waals surface area contributed by atoms with E-state index < -0.39 is 0 Å². The molecule has 4 nitrogen and oxygen atoms in total. The number of aliphatic imine (C=N–C) groups is 1. The standard InChI is InChI=1S/C25H36N2O2/c1-25(2,3)23-16-21(19-29-14-10-5-4-9-13-26)15-22(24(23)28)18-27-17-20-11-7-6-8-12-20/h6-8,11-12,15-16,18,28H,4-5,9-10,13-14,17,19,26H2,1-3H3. The summed E-state index contributed by atoms with van der Waals surface area (Å²) in [6.45, 7) is 8.96. The molecule has 0 radical (unpaired) electrons. The predicted molar refractivity (Wildman–Crippen MR) is 122 cm³/mol. The highest BCUT2D eigenvalue weighted by molar-refractivity contribution is 5.84. The quantitative estimate of drug-likeness (QED) is 0.398. The number of unbranched alkanes of at least 4 members (excludes halogenated alkanes) is 3. The Morgan fingerprint density at radius 3 is 2.41 bits per heavy atom. The topological polar surface area (TPSA) is 67.8 Å². The number of benzene rings is 2. The lowest BCUT2D eigenvalue weighted by atomic mass is 9.84. The van der Waals surface area contributed by atoms with Crippen LogP contribution in [0.3, 0.4) is 0 Å². The third-order valence-electron chi connectivity index (χ3n) is 4.87. The number of hydrogen-bond donors (Lipinski definition) is 2. The third kappa shape index (κ3) is 8.00. The maximum absolute atomic E-state index is 10.8. The van der Waals surface area contributed by atoms with Crippen molar-refractivity contribution >= 4 is 6.21 Å². The molecular formula is C25H36N2O2. The second-order valence-electron chi connectivity index (χ2n) is 8.54. The maximum atomic E-state index is 10.8. The van der Waals surface area contributed by atoms with Crippen molar-refractivity contribution in [2.24, 2.45) is 10.7 Å². The first-order valence-corrected chi connectivity index (χ1v) is 10.6. The Balaban J connectivity index is 2.06. The number of ether oxygens (including phenoxy) is 1. The molecule has 0 aliphatic rings. The lowest BCUT2D eigenvalue weighted by Crippen LogP contribution is -2.13. The Bertz CT molecular complexity index is 764. The molecule has 2 aromatic carbocycles. The summed E-state index contributed by atoms with van der Waals surface area (Å²) < 4.78 is 5.88. The molecule has 0 bridgehead atoms. The van der Waals surface area contributed by atoms with Gasteiger partial charge in [-0.05, 0) is 48.1 Å². The van der Waals surface area contributed by atoms with Gasteiger partial charge in [-0.2, -0.15) is 0 Å². The highest BCUT2D eigenvalue weighted by atomic mass is 16.5. The van der Waals surface area contributed by atoms with Gasteiger partial charge in [0.1, 0.15) is 5.75 Å². The first-order chi connectivity index (χ1) is 13.9. The summed E-state index contributed by atoms with van der Waals surface area (Å²) in [6, 6.07) is 14.1. The van der Waals surface area contributed by atoms with E-state index in [9.17, 15) is 5.11 Å². The average molecular weight is 397 g/mol. The molecule has 0 fully saturated rings. The summed E-state index contributed by atoms with van der Waals surface area (Å²) in [4.78, 5) is 4.54. The molecule has 0 unspecified atom stereocenters. The molecule has 0 aliphatic carbocycles. The number of phenols is 1. The van der Waals surface area contributed by atoms with Crippen molar-refractivity contribution in [3.8, 4) is 5.75 Å². The van der Waals surface area contributed by atoms with E-state index in [0.717, 1.165) is 61.1 Å². The summed E-state index contributed by atoms with van der Waals surface area (Å²) in [5, 5.41) is 10.8. The minimum absolute atomic E-state index is 0.162. The molecule has 0 aliphatic heterocycles. The first-order valence-electron chi connectivity index (χ1n) is 10.6. The Labute approximate surface area is 175 Å². The zero-order chi connectivity index (χ0) is 21.1. The molecule has 2 aromatic rings. The fraction of sp³-hybridized carbons (Fsp3) is 0.480. The molecular weight excluding hydrogens is 360 g/mol. The molecule has 0 amide bonds. The van der Waals surface area contributed by atoms with Crippen molar-refractivity contribution in [3.05, 3.63) is 64.7 Å².